The molecule has 0 saturated heterocycles. The third-order valence-corrected chi connectivity index (χ3v) is 11.4. The van der Waals surface area contributed by atoms with Gasteiger partial charge in [0.15, 0.2) is 23.1 Å². The predicted octanol–water partition coefficient (Wildman–Crippen LogP) is 9.29. The molecule has 0 spiro atoms. The average molecular weight is 728 g/mol. The summed E-state index contributed by atoms with van der Waals surface area (Å²) in [6.45, 7) is 2.66. The van der Waals surface area contributed by atoms with Gasteiger partial charge in [-0.05, 0) is 117 Å². The lowest BCUT2D eigenvalue weighted by atomic mass is 9.88. The standard InChI is InChI=1S/C34H44F7NO4S2/c1-46-18-7-16-42(17-8-20-48(45)47-19-14-33(37,38)34(39,40)41)15-5-3-2-4-10-27-26(25-12-13-29(35)31(43)22-25)11-6-9-24-21-32(44)30(36)23-28(24)27/h12-13,21-23,43-44H,2-11,14-20H2,1H3. The summed E-state index contributed by atoms with van der Waals surface area (Å²) in [5.74, 6) is -7.45. The van der Waals surface area contributed by atoms with Crippen LogP contribution in [-0.4, -0.2) is 76.3 Å². The van der Waals surface area contributed by atoms with E-state index < -0.39 is 57.2 Å². The minimum Gasteiger partial charge on any atom is -0.505 e. The van der Waals surface area contributed by atoms with Gasteiger partial charge in [-0.15, -0.1) is 0 Å². The number of phenolic OH excluding ortho intramolecular Hbond substituents is 2. The van der Waals surface area contributed by atoms with Crippen molar-refractivity contribution in [1.29, 1.82) is 0 Å². The summed E-state index contributed by atoms with van der Waals surface area (Å²) < 4.78 is 109. The normalized spacial score (nSPS) is 14.8. The molecule has 0 heterocycles. The first-order valence-corrected chi connectivity index (χ1v) is 19.0. The molecule has 1 atom stereocenters. The summed E-state index contributed by atoms with van der Waals surface area (Å²) in [6, 6.07) is 7.05. The van der Waals surface area contributed by atoms with Gasteiger partial charge in [-0.1, -0.05) is 29.7 Å². The highest BCUT2D eigenvalue weighted by Crippen LogP contribution is 2.41. The summed E-state index contributed by atoms with van der Waals surface area (Å²) >= 11 is 0. The fourth-order valence-electron chi connectivity index (χ4n) is 5.79. The van der Waals surface area contributed by atoms with E-state index >= 15 is 0 Å². The van der Waals surface area contributed by atoms with Crippen molar-refractivity contribution in [1.82, 2.24) is 4.90 Å². The van der Waals surface area contributed by atoms with E-state index in [0.29, 0.717) is 55.2 Å². The quantitative estimate of drug-likeness (QED) is 0.0806. The molecule has 0 bridgehead atoms. The van der Waals surface area contributed by atoms with E-state index in [-0.39, 0.29) is 5.75 Å². The SMILES string of the molecule is COCCCN(CCCCCCC1=C(c2ccc(F)c(O)c2)CCCc2cc(O)c(F)cc21)CCCS(=O)SCCC(F)(F)C(F)(F)F. The minimum atomic E-state index is -5.61. The summed E-state index contributed by atoms with van der Waals surface area (Å²) in [7, 11) is 0.658. The van der Waals surface area contributed by atoms with Crippen molar-refractivity contribution in [3.05, 3.63) is 58.7 Å². The predicted molar refractivity (Wildman–Crippen MR) is 178 cm³/mol. The molecule has 0 aromatic heterocycles. The molecule has 48 heavy (non-hydrogen) atoms. The molecular weight excluding hydrogens is 683 g/mol. The molecule has 1 aliphatic rings. The van der Waals surface area contributed by atoms with Crippen LogP contribution in [0.25, 0.3) is 11.1 Å². The van der Waals surface area contributed by atoms with E-state index in [1.54, 1.807) is 13.2 Å². The highest BCUT2D eigenvalue weighted by molar-refractivity contribution is 8.69. The van der Waals surface area contributed by atoms with E-state index in [0.717, 1.165) is 73.9 Å². The minimum absolute atomic E-state index is 0.187. The Hall–Kier alpha value is -2.29. The molecule has 0 amide bonds. The molecule has 2 aromatic rings. The number of unbranched alkanes of at least 4 members (excludes halogenated alkanes) is 3. The van der Waals surface area contributed by atoms with Crippen LogP contribution in [0.5, 0.6) is 11.5 Å². The number of hydrogen-bond acceptors (Lipinski definition) is 6. The summed E-state index contributed by atoms with van der Waals surface area (Å²) in [6.07, 6.45) is 0.356. The first kappa shape index (κ1) is 40.1. The van der Waals surface area contributed by atoms with E-state index in [9.17, 15) is 45.2 Å². The number of nitrogens with zero attached hydrogens (tertiary/aromatic N) is 1. The third kappa shape index (κ3) is 12.2. The van der Waals surface area contributed by atoms with Gasteiger partial charge in [0.25, 0.3) is 0 Å². The van der Waals surface area contributed by atoms with Crippen LogP contribution in [-0.2, 0) is 21.0 Å². The van der Waals surface area contributed by atoms with Crippen molar-refractivity contribution < 1.29 is 49.9 Å². The lowest BCUT2D eigenvalue weighted by molar-refractivity contribution is -0.282. The van der Waals surface area contributed by atoms with E-state index in [1.165, 1.54) is 24.3 Å². The van der Waals surface area contributed by atoms with Crippen LogP contribution in [0.4, 0.5) is 30.7 Å². The van der Waals surface area contributed by atoms with Crippen molar-refractivity contribution in [3.63, 3.8) is 0 Å². The van der Waals surface area contributed by atoms with Crippen LogP contribution in [0.1, 0.15) is 80.9 Å². The van der Waals surface area contributed by atoms with E-state index in [2.05, 4.69) is 4.90 Å². The van der Waals surface area contributed by atoms with Crippen molar-refractivity contribution in [3.8, 4) is 11.5 Å². The Morgan fingerprint density at radius 3 is 2.27 bits per heavy atom. The zero-order chi connectivity index (χ0) is 35.3. The summed E-state index contributed by atoms with van der Waals surface area (Å²) in [5.41, 5.74) is 4.08. The molecule has 0 fully saturated rings. The lowest BCUT2D eigenvalue weighted by Crippen LogP contribution is -2.36. The van der Waals surface area contributed by atoms with Gasteiger partial charge >= 0.3 is 12.1 Å². The number of halogens is 7. The maximum atomic E-state index is 14.5. The number of phenols is 2. The van der Waals surface area contributed by atoms with Crippen molar-refractivity contribution in [2.75, 3.05) is 44.9 Å². The molecule has 2 aromatic carbocycles. The smallest absolute Gasteiger partial charge is 0.453 e. The molecule has 5 nitrogen and oxygen atoms in total. The molecule has 2 N–H and O–H groups in total. The molecule has 3 rings (SSSR count). The summed E-state index contributed by atoms with van der Waals surface area (Å²) in [4.78, 5) is 2.21. The molecule has 0 saturated carbocycles. The molecule has 0 radical (unpaired) electrons. The van der Waals surface area contributed by atoms with Crippen LogP contribution >= 0.6 is 10.8 Å². The Morgan fingerprint density at radius 2 is 1.56 bits per heavy atom. The van der Waals surface area contributed by atoms with Gasteiger partial charge in [0.2, 0.25) is 0 Å². The van der Waals surface area contributed by atoms with Gasteiger partial charge in [-0.2, -0.15) is 22.0 Å². The number of aromatic hydroxyl groups is 2. The number of rotatable bonds is 20. The van der Waals surface area contributed by atoms with Crippen molar-refractivity contribution >= 4 is 31.8 Å². The van der Waals surface area contributed by atoms with Crippen LogP contribution in [0.3, 0.4) is 0 Å². The monoisotopic (exact) mass is 727 g/mol. The number of aryl methyl sites for hydroxylation is 1. The third-order valence-electron chi connectivity index (χ3n) is 8.33. The number of fused-ring (bicyclic) bond motifs is 1. The van der Waals surface area contributed by atoms with Crippen LogP contribution in [0.2, 0.25) is 0 Å². The molecule has 270 valence electrons. The Labute approximate surface area is 283 Å². The Bertz CT molecular complexity index is 1390. The van der Waals surface area contributed by atoms with Crippen LogP contribution < -0.4 is 0 Å². The second kappa shape index (κ2) is 19.2. The molecular formula is C34H44F7NO4S2. The number of methoxy groups -OCH3 is 1. The Morgan fingerprint density at radius 1 is 0.875 bits per heavy atom. The topological polar surface area (TPSA) is 70.0 Å². The van der Waals surface area contributed by atoms with E-state index in [4.69, 9.17) is 4.74 Å². The largest absolute Gasteiger partial charge is 0.505 e. The molecule has 1 unspecified atom stereocenters. The second-order valence-corrected chi connectivity index (χ2v) is 15.4. The van der Waals surface area contributed by atoms with Crippen LogP contribution in [0.15, 0.2) is 30.3 Å². The van der Waals surface area contributed by atoms with Gasteiger partial charge < -0.3 is 19.8 Å². The highest BCUT2D eigenvalue weighted by Gasteiger charge is 2.56. The van der Waals surface area contributed by atoms with Gasteiger partial charge in [0.1, 0.15) is 0 Å². The zero-order valence-electron chi connectivity index (χ0n) is 27.0. The first-order chi connectivity index (χ1) is 22.7. The fourth-order valence-corrected chi connectivity index (χ4v) is 8.32. The molecule has 0 aliphatic heterocycles. The van der Waals surface area contributed by atoms with Gasteiger partial charge in [-0.3, -0.25) is 0 Å². The second-order valence-electron chi connectivity index (χ2n) is 11.9. The number of hydrogen-bond donors (Lipinski definition) is 2. The number of benzene rings is 2. The fraction of sp³-hybridized carbons (Fsp3) is 0.588. The maximum Gasteiger partial charge on any atom is 0.453 e. The maximum absolute atomic E-state index is 14.5. The van der Waals surface area contributed by atoms with Gasteiger partial charge in [0, 0.05) is 38.2 Å². The van der Waals surface area contributed by atoms with Crippen molar-refractivity contribution in [2.24, 2.45) is 0 Å². The molecule has 14 heteroatoms. The average Bonchev–Trinajstić information content (AvgIpc) is 3.18. The first-order valence-electron chi connectivity index (χ1n) is 16.1. The lowest BCUT2D eigenvalue weighted by Gasteiger charge is -2.22. The highest BCUT2D eigenvalue weighted by atomic mass is 33.1. The molecule has 1 aliphatic carbocycles. The zero-order valence-corrected chi connectivity index (χ0v) is 28.7. The van der Waals surface area contributed by atoms with Crippen LogP contribution in [0, 0.1) is 11.6 Å². The van der Waals surface area contributed by atoms with Crippen molar-refractivity contribution in [2.45, 2.75) is 82.7 Å². The number of alkyl halides is 5. The van der Waals surface area contributed by atoms with Gasteiger partial charge in [-0.25, -0.2) is 13.0 Å². The number of ether oxygens (including phenoxy) is 1. The Kier molecular flexibility index (Phi) is 16.1. The van der Waals surface area contributed by atoms with E-state index in [1.807, 2.05) is 0 Å². The summed E-state index contributed by atoms with van der Waals surface area (Å²) in [5, 5.41) is 20.0. The Balaban J connectivity index is 1.54. The van der Waals surface area contributed by atoms with Gasteiger partial charge in [0.05, 0.1) is 9.83 Å². The number of allylic oxidation sites excluding steroid dienone is 2.